The van der Waals surface area contributed by atoms with Crippen molar-refractivity contribution in [2.24, 2.45) is 0 Å². The van der Waals surface area contributed by atoms with Gasteiger partial charge in [0.25, 0.3) is 5.56 Å². The van der Waals surface area contributed by atoms with Gasteiger partial charge in [-0.25, -0.2) is 12.7 Å². The van der Waals surface area contributed by atoms with Gasteiger partial charge in [-0.1, -0.05) is 45.0 Å². The van der Waals surface area contributed by atoms with Crippen molar-refractivity contribution < 1.29 is 13.3 Å². The van der Waals surface area contributed by atoms with Crippen molar-refractivity contribution >= 4 is 10.0 Å². The zero-order valence-electron chi connectivity index (χ0n) is 17.0. The lowest BCUT2D eigenvalue weighted by atomic mass is 9.87. The Kier molecular flexibility index (Phi) is 6.29. The number of hydrogen-bond acceptors (Lipinski definition) is 3. The molecule has 2 aromatic rings. The Hall–Kier alpha value is -1.96. The van der Waals surface area contributed by atoms with Crippen LogP contribution in [0.15, 0.2) is 52.3 Å². The lowest BCUT2D eigenvalue weighted by Gasteiger charge is -2.20. The van der Waals surface area contributed by atoms with E-state index >= 15 is 0 Å². The first-order chi connectivity index (χ1) is 12.4. The highest BCUT2D eigenvalue weighted by Crippen LogP contribution is 2.21. The normalized spacial score (nSPS) is 13.7. The Bertz CT molecular complexity index is 940. The third-order valence-electron chi connectivity index (χ3n) is 4.50. The van der Waals surface area contributed by atoms with Crippen molar-refractivity contribution in [2.45, 2.75) is 44.3 Å². The van der Waals surface area contributed by atoms with Crippen LogP contribution in [0.3, 0.4) is 0 Å². The number of sulfonamides is 1. The highest BCUT2D eigenvalue weighted by atomic mass is 32.2. The van der Waals surface area contributed by atoms with Gasteiger partial charge in [-0.2, -0.15) is 0 Å². The molecule has 1 N–H and O–H groups in total. The van der Waals surface area contributed by atoms with Crippen LogP contribution in [0.2, 0.25) is 0 Å². The van der Waals surface area contributed by atoms with E-state index in [0.717, 1.165) is 15.7 Å². The average Bonchev–Trinajstić information content (AvgIpc) is 2.56. The molecule has 0 radical (unpaired) electrons. The van der Waals surface area contributed by atoms with E-state index in [0.29, 0.717) is 6.67 Å². The summed E-state index contributed by atoms with van der Waals surface area (Å²) >= 11 is 0. The largest absolute Gasteiger partial charge is 0.316 e. The first kappa shape index (κ1) is 21.3. The quantitative estimate of drug-likeness (QED) is 0.800. The molecule has 1 aromatic heterocycles. The maximum absolute atomic E-state index is 12.3. The summed E-state index contributed by atoms with van der Waals surface area (Å²) in [4.78, 5) is 13.4. The van der Waals surface area contributed by atoms with Crippen molar-refractivity contribution in [3.8, 4) is 0 Å². The van der Waals surface area contributed by atoms with Gasteiger partial charge in [0.05, 0.1) is 11.9 Å². The van der Waals surface area contributed by atoms with Crippen LogP contribution in [0.4, 0.5) is 0 Å². The lowest BCUT2D eigenvalue weighted by molar-refractivity contribution is -0.917. The summed E-state index contributed by atoms with van der Waals surface area (Å²) in [5.41, 5.74) is 2.35. The van der Waals surface area contributed by atoms with Crippen LogP contribution in [-0.4, -0.2) is 38.4 Å². The molecule has 1 atom stereocenters. The van der Waals surface area contributed by atoms with Crippen LogP contribution in [-0.2, 0) is 28.7 Å². The summed E-state index contributed by atoms with van der Waals surface area (Å²) < 4.78 is 27.2. The molecule has 1 unspecified atom stereocenters. The zero-order chi connectivity index (χ0) is 20.4. The Balaban J connectivity index is 2.16. The second-order valence-corrected chi connectivity index (χ2v) is 10.4. The van der Waals surface area contributed by atoms with E-state index in [9.17, 15) is 13.2 Å². The number of nitrogens with one attached hydrogen (secondary N) is 1. The molecule has 1 aromatic carbocycles. The molecule has 1 heterocycles. The third-order valence-corrected chi connectivity index (χ3v) is 6.30. The van der Waals surface area contributed by atoms with E-state index in [1.807, 2.05) is 7.05 Å². The Morgan fingerprint density at radius 3 is 2.15 bits per heavy atom. The Labute approximate surface area is 162 Å². The van der Waals surface area contributed by atoms with Gasteiger partial charge in [0, 0.05) is 31.9 Å². The molecular formula is C20H30N3O3S+. The second kappa shape index (κ2) is 7.96. The van der Waals surface area contributed by atoms with Crippen LogP contribution < -0.4 is 10.5 Å². The molecule has 2 rings (SSSR count). The molecular weight excluding hydrogens is 362 g/mol. The number of rotatable bonds is 6. The molecule has 0 fully saturated rings. The number of nitrogens with zero attached hydrogens (tertiary/aromatic N) is 2. The number of aromatic nitrogens is 1. The maximum Gasteiger partial charge on any atom is 0.254 e. The summed E-state index contributed by atoms with van der Waals surface area (Å²) in [7, 11) is 1.37. The van der Waals surface area contributed by atoms with E-state index < -0.39 is 10.0 Å². The monoisotopic (exact) mass is 392 g/mol. The minimum absolute atomic E-state index is 0.114. The predicted molar refractivity (Wildman–Crippen MR) is 107 cm³/mol. The SMILES string of the molecule is CN(C)S(=O)(=O)c1ccc(=O)n(C[NH+](C)Cc2ccc(C(C)(C)C)cc2)c1. The first-order valence-electron chi connectivity index (χ1n) is 8.95. The highest BCUT2D eigenvalue weighted by Gasteiger charge is 2.19. The fourth-order valence-corrected chi connectivity index (χ4v) is 3.74. The fourth-order valence-electron chi connectivity index (χ4n) is 2.81. The van der Waals surface area contributed by atoms with Crippen LogP contribution in [0.1, 0.15) is 31.9 Å². The van der Waals surface area contributed by atoms with Crippen LogP contribution in [0, 0.1) is 0 Å². The predicted octanol–water partition coefficient (Wildman–Crippen LogP) is 1.07. The van der Waals surface area contributed by atoms with Gasteiger partial charge in [0.2, 0.25) is 10.0 Å². The summed E-state index contributed by atoms with van der Waals surface area (Å²) in [6.07, 6.45) is 1.42. The molecule has 0 amide bonds. The van der Waals surface area contributed by atoms with Crippen molar-refractivity contribution in [2.75, 3.05) is 21.1 Å². The lowest BCUT2D eigenvalue weighted by Crippen LogP contribution is -3.07. The molecule has 0 saturated carbocycles. The number of hydrogen-bond donors (Lipinski definition) is 1. The number of pyridine rings is 1. The molecule has 7 heteroatoms. The summed E-state index contributed by atoms with van der Waals surface area (Å²) in [5.74, 6) is 0. The molecule has 0 aliphatic carbocycles. The zero-order valence-corrected chi connectivity index (χ0v) is 17.8. The molecule has 6 nitrogen and oxygen atoms in total. The van der Waals surface area contributed by atoms with Gasteiger partial charge in [-0.15, -0.1) is 0 Å². The molecule has 0 saturated heterocycles. The van der Waals surface area contributed by atoms with Crippen molar-refractivity contribution in [1.82, 2.24) is 8.87 Å². The van der Waals surface area contributed by atoms with Gasteiger partial charge >= 0.3 is 0 Å². The average molecular weight is 393 g/mol. The maximum atomic E-state index is 12.3. The van der Waals surface area contributed by atoms with Gasteiger partial charge in [-0.3, -0.25) is 9.36 Å². The summed E-state index contributed by atoms with van der Waals surface area (Å²) in [6, 6.07) is 11.2. The van der Waals surface area contributed by atoms with Gasteiger partial charge in [-0.05, 0) is 17.0 Å². The van der Waals surface area contributed by atoms with Crippen molar-refractivity contribution in [3.05, 3.63) is 64.1 Å². The standard InChI is InChI=1S/C20H29N3O3S/c1-20(2,3)17-9-7-16(8-10-17)13-22(6)15-23-14-18(11-12-19(23)24)27(25,26)21(4)5/h7-12,14H,13,15H2,1-6H3/p+1. The third kappa shape index (κ3) is 5.28. The van der Waals surface area contributed by atoms with Gasteiger partial charge in [0.1, 0.15) is 6.54 Å². The van der Waals surface area contributed by atoms with Crippen molar-refractivity contribution in [1.29, 1.82) is 0 Å². The molecule has 0 bridgehead atoms. The van der Waals surface area contributed by atoms with E-state index in [1.165, 1.54) is 48.1 Å². The molecule has 27 heavy (non-hydrogen) atoms. The van der Waals surface area contributed by atoms with Crippen molar-refractivity contribution in [3.63, 3.8) is 0 Å². The minimum atomic E-state index is -3.57. The Morgan fingerprint density at radius 1 is 1.04 bits per heavy atom. The summed E-state index contributed by atoms with van der Waals surface area (Å²) in [6.45, 7) is 7.67. The van der Waals surface area contributed by atoms with Crippen LogP contribution in [0.25, 0.3) is 0 Å². The topological polar surface area (TPSA) is 63.8 Å². The van der Waals surface area contributed by atoms with E-state index in [1.54, 1.807) is 0 Å². The molecule has 0 spiro atoms. The first-order valence-corrected chi connectivity index (χ1v) is 10.4. The number of quaternary nitrogens is 1. The highest BCUT2D eigenvalue weighted by molar-refractivity contribution is 7.89. The molecule has 148 valence electrons. The summed E-state index contributed by atoms with van der Waals surface area (Å²) in [5, 5.41) is 0. The minimum Gasteiger partial charge on any atom is -0.316 e. The van der Waals surface area contributed by atoms with E-state index in [-0.39, 0.29) is 15.9 Å². The second-order valence-electron chi connectivity index (χ2n) is 8.20. The van der Waals surface area contributed by atoms with Gasteiger partial charge < -0.3 is 4.90 Å². The van der Waals surface area contributed by atoms with E-state index in [4.69, 9.17) is 0 Å². The molecule has 0 aliphatic heterocycles. The Morgan fingerprint density at radius 2 is 1.63 bits per heavy atom. The van der Waals surface area contributed by atoms with Gasteiger partial charge in [0.15, 0.2) is 6.67 Å². The van der Waals surface area contributed by atoms with E-state index in [2.05, 4.69) is 45.0 Å². The smallest absolute Gasteiger partial charge is 0.254 e. The van der Waals surface area contributed by atoms with Crippen LogP contribution >= 0.6 is 0 Å². The number of benzene rings is 1. The fraction of sp³-hybridized carbons (Fsp3) is 0.450. The molecule has 0 aliphatic rings. The van der Waals surface area contributed by atoms with Crippen LogP contribution in [0.5, 0.6) is 0 Å².